The summed E-state index contributed by atoms with van der Waals surface area (Å²) in [6, 6.07) is 18.6. The van der Waals surface area contributed by atoms with E-state index < -0.39 is 0 Å². The summed E-state index contributed by atoms with van der Waals surface area (Å²) in [5.41, 5.74) is 5.38. The van der Waals surface area contributed by atoms with Gasteiger partial charge in [0, 0.05) is 23.9 Å². The van der Waals surface area contributed by atoms with E-state index >= 15 is 0 Å². The van der Waals surface area contributed by atoms with Gasteiger partial charge in [-0.3, -0.25) is 0 Å². The zero-order chi connectivity index (χ0) is 19.9. The molecule has 0 saturated carbocycles. The number of anilines is 3. The third-order valence-corrected chi connectivity index (χ3v) is 4.52. The quantitative estimate of drug-likeness (QED) is 0.550. The van der Waals surface area contributed by atoms with Crippen molar-refractivity contribution in [2.75, 3.05) is 37.8 Å². The van der Waals surface area contributed by atoms with Gasteiger partial charge in [-0.25, -0.2) is 4.98 Å². The highest BCUT2D eigenvalue weighted by atomic mass is 15.1. The molecule has 2 aromatic carbocycles. The standard InChI is InChI=1S/C23H29N5/c1-17-11-12-18(2)20(15-17)25-23-26-21(19-9-6-5-7-10-19)16-22(27-23)24-13-8-14-28(3)4/h5-7,9-12,15-16H,8,13-14H2,1-4H3,(H2,24,25,26,27). The molecule has 0 bridgehead atoms. The Morgan fingerprint density at radius 1 is 0.929 bits per heavy atom. The molecule has 28 heavy (non-hydrogen) atoms. The van der Waals surface area contributed by atoms with E-state index in [1.165, 1.54) is 11.1 Å². The van der Waals surface area contributed by atoms with Gasteiger partial charge in [-0.1, -0.05) is 42.5 Å². The maximum absolute atomic E-state index is 4.76. The Labute approximate surface area is 167 Å². The van der Waals surface area contributed by atoms with E-state index in [9.17, 15) is 0 Å². The fourth-order valence-electron chi connectivity index (χ4n) is 2.95. The highest BCUT2D eigenvalue weighted by Gasteiger charge is 2.08. The Morgan fingerprint density at radius 2 is 1.71 bits per heavy atom. The van der Waals surface area contributed by atoms with Crippen LogP contribution in [0.15, 0.2) is 54.6 Å². The third kappa shape index (κ3) is 5.54. The third-order valence-electron chi connectivity index (χ3n) is 4.52. The minimum Gasteiger partial charge on any atom is -0.370 e. The number of nitrogens with one attached hydrogen (secondary N) is 2. The van der Waals surface area contributed by atoms with Crippen molar-refractivity contribution in [3.63, 3.8) is 0 Å². The van der Waals surface area contributed by atoms with Crippen LogP contribution in [0.5, 0.6) is 0 Å². The van der Waals surface area contributed by atoms with E-state index in [4.69, 9.17) is 9.97 Å². The van der Waals surface area contributed by atoms with E-state index in [0.29, 0.717) is 5.95 Å². The van der Waals surface area contributed by atoms with Gasteiger partial charge in [-0.05, 0) is 58.1 Å². The van der Waals surface area contributed by atoms with Crippen LogP contribution in [-0.4, -0.2) is 42.1 Å². The molecular weight excluding hydrogens is 346 g/mol. The lowest BCUT2D eigenvalue weighted by molar-refractivity contribution is 0.405. The van der Waals surface area contributed by atoms with Crippen LogP contribution in [0.25, 0.3) is 11.3 Å². The Kier molecular flexibility index (Phi) is 6.61. The van der Waals surface area contributed by atoms with Gasteiger partial charge >= 0.3 is 0 Å². The van der Waals surface area contributed by atoms with Crippen LogP contribution in [0.2, 0.25) is 0 Å². The first kappa shape index (κ1) is 19.8. The van der Waals surface area contributed by atoms with E-state index in [-0.39, 0.29) is 0 Å². The molecule has 0 spiro atoms. The maximum Gasteiger partial charge on any atom is 0.229 e. The lowest BCUT2D eigenvalue weighted by Crippen LogP contribution is -2.17. The van der Waals surface area contributed by atoms with E-state index in [1.807, 2.05) is 24.3 Å². The van der Waals surface area contributed by atoms with E-state index in [2.05, 4.69) is 73.8 Å². The molecule has 5 heteroatoms. The predicted molar refractivity (Wildman–Crippen MR) is 118 cm³/mol. The van der Waals surface area contributed by atoms with Crippen molar-refractivity contribution in [2.24, 2.45) is 0 Å². The minimum absolute atomic E-state index is 0.602. The van der Waals surface area contributed by atoms with Crippen LogP contribution in [0.4, 0.5) is 17.5 Å². The fraction of sp³-hybridized carbons (Fsp3) is 0.304. The summed E-state index contributed by atoms with van der Waals surface area (Å²) in [5, 5.41) is 6.85. The summed E-state index contributed by atoms with van der Waals surface area (Å²) in [6.07, 6.45) is 1.05. The number of hydrogen-bond donors (Lipinski definition) is 2. The van der Waals surface area contributed by atoms with Gasteiger partial charge < -0.3 is 15.5 Å². The van der Waals surface area contributed by atoms with Crippen molar-refractivity contribution in [1.29, 1.82) is 0 Å². The van der Waals surface area contributed by atoms with E-state index in [1.54, 1.807) is 0 Å². The van der Waals surface area contributed by atoms with Crippen molar-refractivity contribution in [2.45, 2.75) is 20.3 Å². The summed E-state index contributed by atoms with van der Waals surface area (Å²) in [6.45, 7) is 6.08. The first-order chi connectivity index (χ1) is 13.5. The molecule has 3 aromatic rings. The topological polar surface area (TPSA) is 53.1 Å². The van der Waals surface area contributed by atoms with Gasteiger partial charge in [-0.2, -0.15) is 4.98 Å². The second-order valence-corrected chi connectivity index (χ2v) is 7.36. The molecule has 0 amide bonds. The molecule has 0 radical (unpaired) electrons. The zero-order valence-corrected chi connectivity index (χ0v) is 17.2. The first-order valence-corrected chi connectivity index (χ1v) is 9.68. The second-order valence-electron chi connectivity index (χ2n) is 7.36. The lowest BCUT2D eigenvalue weighted by atomic mass is 10.1. The molecule has 0 atom stereocenters. The second kappa shape index (κ2) is 9.33. The Hall–Kier alpha value is -2.92. The smallest absolute Gasteiger partial charge is 0.229 e. The van der Waals surface area contributed by atoms with Crippen molar-refractivity contribution >= 4 is 17.5 Å². The molecule has 0 saturated heterocycles. The van der Waals surface area contributed by atoms with Crippen LogP contribution in [-0.2, 0) is 0 Å². The molecule has 1 heterocycles. The molecule has 1 aromatic heterocycles. The minimum atomic E-state index is 0.602. The highest BCUT2D eigenvalue weighted by molar-refractivity contribution is 5.67. The van der Waals surface area contributed by atoms with E-state index in [0.717, 1.165) is 42.3 Å². The van der Waals surface area contributed by atoms with Gasteiger partial charge in [0.15, 0.2) is 0 Å². The molecule has 0 aliphatic carbocycles. The number of rotatable bonds is 8. The lowest BCUT2D eigenvalue weighted by Gasteiger charge is -2.14. The maximum atomic E-state index is 4.76. The Balaban J connectivity index is 1.87. The van der Waals surface area contributed by atoms with Gasteiger partial charge in [0.2, 0.25) is 5.95 Å². The Bertz CT molecular complexity index is 906. The molecule has 146 valence electrons. The van der Waals surface area contributed by atoms with Crippen molar-refractivity contribution < 1.29 is 0 Å². The molecular formula is C23H29N5. The number of hydrogen-bond acceptors (Lipinski definition) is 5. The largest absolute Gasteiger partial charge is 0.370 e. The first-order valence-electron chi connectivity index (χ1n) is 9.68. The molecule has 0 unspecified atom stereocenters. The molecule has 5 nitrogen and oxygen atoms in total. The summed E-state index contributed by atoms with van der Waals surface area (Å²) in [4.78, 5) is 11.6. The molecule has 0 aliphatic heterocycles. The van der Waals surface area contributed by atoms with Gasteiger partial charge in [0.25, 0.3) is 0 Å². The summed E-state index contributed by atoms with van der Waals surface area (Å²) in [5.74, 6) is 1.44. The molecule has 0 fully saturated rings. The van der Waals surface area contributed by atoms with Crippen molar-refractivity contribution in [3.8, 4) is 11.3 Å². The normalized spacial score (nSPS) is 10.9. The predicted octanol–water partition coefficient (Wildman–Crippen LogP) is 4.87. The fourth-order valence-corrected chi connectivity index (χ4v) is 2.95. The summed E-state index contributed by atoms with van der Waals surface area (Å²) >= 11 is 0. The average Bonchev–Trinajstić information content (AvgIpc) is 2.68. The molecule has 3 rings (SSSR count). The summed E-state index contributed by atoms with van der Waals surface area (Å²) < 4.78 is 0. The van der Waals surface area contributed by atoms with Crippen LogP contribution in [0, 0.1) is 13.8 Å². The van der Waals surface area contributed by atoms with Gasteiger partial charge in [0.05, 0.1) is 5.69 Å². The Morgan fingerprint density at radius 3 is 2.46 bits per heavy atom. The molecule has 2 N–H and O–H groups in total. The van der Waals surface area contributed by atoms with Crippen molar-refractivity contribution in [3.05, 3.63) is 65.7 Å². The van der Waals surface area contributed by atoms with Crippen LogP contribution in [0.1, 0.15) is 17.5 Å². The number of nitrogens with zero attached hydrogens (tertiary/aromatic N) is 3. The van der Waals surface area contributed by atoms with Crippen molar-refractivity contribution in [1.82, 2.24) is 14.9 Å². The van der Waals surface area contributed by atoms with Crippen LogP contribution in [0.3, 0.4) is 0 Å². The number of benzene rings is 2. The van der Waals surface area contributed by atoms with Crippen LogP contribution >= 0.6 is 0 Å². The van der Waals surface area contributed by atoms with Gasteiger partial charge in [-0.15, -0.1) is 0 Å². The average molecular weight is 376 g/mol. The van der Waals surface area contributed by atoms with Gasteiger partial charge in [0.1, 0.15) is 5.82 Å². The summed E-state index contributed by atoms with van der Waals surface area (Å²) in [7, 11) is 4.18. The number of aryl methyl sites for hydroxylation is 2. The molecule has 0 aliphatic rings. The monoisotopic (exact) mass is 375 g/mol. The highest BCUT2D eigenvalue weighted by Crippen LogP contribution is 2.25. The van der Waals surface area contributed by atoms with Crippen LogP contribution < -0.4 is 10.6 Å². The SMILES string of the molecule is Cc1ccc(C)c(Nc2nc(NCCCN(C)C)cc(-c3ccccc3)n2)c1. The number of aromatic nitrogens is 2. The zero-order valence-electron chi connectivity index (χ0n) is 17.2.